The van der Waals surface area contributed by atoms with Gasteiger partial charge in [0.1, 0.15) is 0 Å². The molecule has 4 N–H and O–H groups in total. The third-order valence-corrected chi connectivity index (χ3v) is 2.51. The molecule has 0 aliphatic carbocycles. The monoisotopic (exact) mass is 287 g/mol. The molecule has 7 nitrogen and oxygen atoms in total. The smallest absolute Gasteiger partial charge is 0.354 e. The van der Waals surface area contributed by atoms with E-state index in [1.807, 2.05) is 0 Å². The first-order valence-corrected chi connectivity index (χ1v) is 6.01. The van der Waals surface area contributed by atoms with Crippen molar-refractivity contribution in [1.29, 1.82) is 0 Å². The average Bonchev–Trinajstić information content (AvgIpc) is 2.42. The normalized spacial score (nSPS) is 9.95. The molecule has 0 aliphatic rings. The predicted octanol–water partition coefficient (Wildman–Crippen LogP) is 2.11. The van der Waals surface area contributed by atoms with Gasteiger partial charge in [-0.1, -0.05) is 12.1 Å². The number of nitrogens with one attached hydrogen (secondary N) is 1. The summed E-state index contributed by atoms with van der Waals surface area (Å²) in [5.41, 5.74) is 6.17. The molecule has 0 spiro atoms. The Labute approximate surface area is 120 Å². The van der Waals surface area contributed by atoms with Gasteiger partial charge in [0.05, 0.1) is 11.4 Å². The number of anilines is 2. The van der Waals surface area contributed by atoms with Crippen molar-refractivity contribution < 1.29 is 19.4 Å². The Balaban J connectivity index is 2.36. The number of amides is 1. The molecule has 1 aromatic carbocycles. The molecule has 0 saturated carbocycles. The van der Waals surface area contributed by atoms with E-state index in [-0.39, 0.29) is 23.2 Å². The molecule has 0 aliphatic heterocycles. The minimum absolute atomic E-state index is 0.0345. The van der Waals surface area contributed by atoms with Gasteiger partial charge in [-0.3, -0.25) is 4.79 Å². The number of hydrogen-bond donors (Lipinski definition) is 3. The second kappa shape index (κ2) is 5.91. The molecule has 0 unspecified atom stereocenters. The lowest BCUT2D eigenvalue weighted by Crippen LogP contribution is -2.08. The van der Waals surface area contributed by atoms with Crippen molar-refractivity contribution in [3.63, 3.8) is 0 Å². The fourth-order valence-electron chi connectivity index (χ4n) is 1.60. The summed E-state index contributed by atoms with van der Waals surface area (Å²) in [4.78, 5) is 25.9. The summed E-state index contributed by atoms with van der Waals surface area (Å²) in [6.07, 6.45) is 0. The highest BCUT2D eigenvalue weighted by atomic mass is 16.5. The Hall–Kier alpha value is -3.09. The number of rotatable bonds is 4. The number of carbonyl (C=O) groups excluding carboxylic acids is 1. The number of nitrogen functional groups attached to an aromatic ring is 1. The SMILES string of the molecule is CC(=O)Nc1ccccc1Oc1nc(C(=O)O)ccc1N. The highest BCUT2D eigenvalue weighted by Gasteiger charge is 2.12. The number of hydrogen-bond acceptors (Lipinski definition) is 5. The van der Waals surface area contributed by atoms with Crippen LogP contribution in [0.1, 0.15) is 17.4 Å². The highest BCUT2D eigenvalue weighted by Crippen LogP contribution is 2.31. The maximum absolute atomic E-state index is 11.1. The first kappa shape index (κ1) is 14.3. The molecule has 1 amide bonds. The number of aromatic carboxylic acids is 1. The Morgan fingerprint density at radius 1 is 1.24 bits per heavy atom. The molecule has 0 fully saturated rings. The quantitative estimate of drug-likeness (QED) is 0.793. The van der Waals surface area contributed by atoms with Gasteiger partial charge in [-0.05, 0) is 24.3 Å². The molecule has 0 atom stereocenters. The van der Waals surface area contributed by atoms with Gasteiger partial charge in [-0.15, -0.1) is 0 Å². The topological polar surface area (TPSA) is 115 Å². The number of ether oxygens (including phenoxy) is 1. The molecule has 0 saturated heterocycles. The van der Waals surface area contributed by atoms with Gasteiger partial charge < -0.3 is 20.9 Å². The molecule has 108 valence electrons. The third kappa shape index (κ3) is 3.47. The molecule has 2 rings (SSSR count). The van der Waals surface area contributed by atoms with Gasteiger partial charge >= 0.3 is 5.97 Å². The molecule has 7 heteroatoms. The largest absolute Gasteiger partial charge is 0.477 e. The van der Waals surface area contributed by atoms with Crippen molar-refractivity contribution in [2.75, 3.05) is 11.1 Å². The maximum atomic E-state index is 11.1. The number of carboxylic acid groups (broad SMARTS) is 1. The molecule has 21 heavy (non-hydrogen) atoms. The second-order valence-electron chi connectivity index (χ2n) is 4.18. The van der Waals surface area contributed by atoms with E-state index in [2.05, 4.69) is 10.3 Å². The molecule has 1 heterocycles. The van der Waals surface area contributed by atoms with Crippen molar-refractivity contribution in [3.8, 4) is 11.6 Å². The van der Waals surface area contributed by atoms with Crippen LogP contribution in [0.4, 0.5) is 11.4 Å². The van der Waals surface area contributed by atoms with Gasteiger partial charge in [0, 0.05) is 6.92 Å². The maximum Gasteiger partial charge on any atom is 0.354 e. The van der Waals surface area contributed by atoms with Crippen LogP contribution in [0.2, 0.25) is 0 Å². The summed E-state index contributed by atoms with van der Waals surface area (Å²) < 4.78 is 5.52. The van der Waals surface area contributed by atoms with Crippen molar-refractivity contribution in [1.82, 2.24) is 4.98 Å². The molecule has 1 aromatic heterocycles. The average molecular weight is 287 g/mol. The van der Waals surface area contributed by atoms with E-state index in [0.29, 0.717) is 11.4 Å². The fourth-order valence-corrected chi connectivity index (χ4v) is 1.60. The van der Waals surface area contributed by atoms with Gasteiger partial charge in [0.15, 0.2) is 11.4 Å². The highest BCUT2D eigenvalue weighted by molar-refractivity contribution is 5.90. The second-order valence-corrected chi connectivity index (χ2v) is 4.18. The zero-order valence-electron chi connectivity index (χ0n) is 11.2. The van der Waals surface area contributed by atoms with Crippen molar-refractivity contribution in [3.05, 3.63) is 42.1 Å². The van der Waals surface area contributed by atoms with Crippen molar-refractivity contribution in [2.45, 2.75) is 6.92 Å². The van der Waals surface area contributed by atoms with Crippen LogP contribution in [0.25, 0.3) is 0 Å². The van der Waals surface area contributed by atoms with Gasteiger partial charge in [0.25, 0.3) is 0 Å². The first-order valence-electron chi connectivity index (χ1n) is 6.01. The number of aromatic nitrogens is 1. The standard InChI is InChI=1S/C14H13N3O4/c1-8(18)16-10-4-2-3-5-12(10)21-13-9(15)6-7-11(17-13)14(19)20/h2-7H,15H2,1H3,(H,16,18)(H,19,20). The van der Waals surface area contributed by atoms with Crippen molar-refractivity contribution >= 4 is 23.3 Å². The Kier molecular flexibility index (Phi) is 4.03. The van der Waals surface area contributed by atoms with E-state index in [1.165, 1.54) is 19.1 Å². The molecule has 2 aromatic rings. The minimum atomic E-state index is -1.19. The first-order chi connectivity index (χ1) is 9.97. The van der Waals surface area contributed by atoms with Crippen LogP contribution >= 0.6 is 0 Å². The number of carbonyl (C=O) groups is 2. The lowest BCUT2D eigenvalue weighted by molar-refractivity contribution is -0.114. The minimum Gasteiger partial charge on any atom is -0.477 e. The summed E-state index contributed by atoms with van der Waals surface area (Å²) in [6, 6.07) is 9.37. The van der Waals surface area contributed by atoms with Crippen LogP contribution < -0.4 is 15.8 Å². The Morgan fingerprint density at radius 2 is 1.95 bits per heavy atom. The summed E-state index contributed by atoms with van der Waals surface area (Å²) >= 11 is 0. The van der Waals surface area contributed by atoms with Crippen LogP contribution in [0, 0.1) is 0 Å². The zero-order valence-corrected chi connectivity index (χ0v) is 11.2. The van der Waals surface area contributed by atoms with E-state index in [0.717, 1.165) is 0 Å². The lowest BCUT2D eigenvalue weighted by atomic mass is 10.3. The summed E-state index contributed by atoms with van der Waals surface area (Å²) in [6.45, 7) is 1.37. The molecule has 0 bridgehead atoms. The molecular formula is C14H13N3O4. The predicted molar refractivity (Wildman–Crippen MR) is 76.4 cm³/mol. The Morgan fingerprint density at radius 3 is 2.62 bits per heavy atom. The number of para-hydroxylation sites is 2. The number of nitrogens with zero attached hydrogens (tertiary/aromatic N) is 1. The van der Waals surface area contributed by atoms with Gasteiger partial charge in [0.2, 0.25) is 11.8 Å². The summed E-state index contributed by atoms with van der Waals surface area (Å²) in [5, 5.41) is 11.5. The van der Waals surface area contributed by atoms with Gasteiger partial charge in [-0.25, -0.2) is 9.78 Å². The molecule has 0 radical (unpaired) electrons. The van der Waals surface area contributed by atoms with E-state index < -0.39 is 5.97 Å². The van der Waals surface area contributed by atoms with E-state index in [1.54, 1.807) is 24.3 Å². The number of benzene rings is 1. The van der Waals surface area contributed by atoms with Crippen LogP contribution in [-0.4, -0.2) is 22.0 Å². The van der Waals surface area contributed by atoms with E-state index in [4.69, 9.17) is 15.6 Å². The van der Waals surface area contributed by atoms with Crippen LogP contribution in [0.15, 0.2) is 36.4 Å². The zero-order chi connectivity index (χ0) is 15.4. The number of pyridine rings is 1. The summed E-state index contributed by atoms with van der Waals surface area (Å²) in [7, 11) is 0. The van der Waals surface area contributed by atoms with Crippen molar-refractivity contribution in [2.24, 2.45) is 0 Å². The molecular weight excluding hydrogens is 274 g/mol. The number of carboxylic acids is 1. The lowest BCUT2D eigenvalue weighted by Gasteiger charge is -2.12. The van der Waals surface area contributed by atoms with Crippen LogP contribution in [0.3, 0.4) is 0 Å². The van der Waals surface area contributed by atoms with E-state index >= 15 is 0 Å². The third-order valence-electron chi connectivity index (χ3n) is 2.51. The van der Waals surface area contributed by atoms with Gasteiger partial charge in [-0.2, -0.15) is 0 Å². The summed E-state index contributed by atoms with van der Waals surface area (Å²) in [5.74, 6) is -1.16. The Bertz CT molecular complexity index is 700. The fraction of sp³-hybridized carbons (Fsp3) is 0.0714. The number of nitrogens with two attached hydrogens (primary N) is 1. The van der Waals surface area contributed by atoms with Crippen LogP contribution in [-0.2, 0) is 4.79 Å². The van der Waals surface area contributed by atoms with Crippen LogP contribution in [0.5, 0.6) is 11.6 Å². The van der Waals surface area contributed by atoms with E-state index in [9.17, 15) is 9.59 Å².